The number of hydrogen-bond donors (Lipinski definition) is 0. The predicted octanol–water partition coefficient (Wildman–Crippen LogP) is 5.96. The molecule has 0 bridgehead atoms. The number of hydrogen-bond acceptors (Lipinski definition) is 4. The highest BCUT2D eigenvalue weighted by Gasteiger charge is 2.21. The Bertz CT molecular complexity index is 1150. The minimum atomic E-state index is -0.152. The van der Waals surface area contributed by atoms with Crippen molar-refractivity contribution in [1.29, 1.82) is 0 Å². The molecule has 0 amide bonds. The van der Waals surface area contributed by atoms with Crippen molar-refractivity contribution >= 4 is 11.0 Å². The van der Waals surface area contributed by atoms with Crippen LogP contribution in [0, 0.1) is 6.92 Å². The fourth-order valence-corrected chi connectivity index (χ4v) is 3.73. The zero-order chi connectivity index (χ0) is 21.6. The predicted molar refractivity (Wildman–Crippen MR) is 123 cm³/mol. The van der Waals surface area contributed by atoms with Gasteiger partial charge in [-0.15, -0.1) is 0 Å². The zero-order valence-corrected chi connectivity index (χ0v) is 18.2. The van der Waals surface area contributed by atoms with Crippen LogP contribution < -0.4 is 14.2 Å². The van der Waals surface area contributed by atoms with Crippen LogP contribution in [0.1, 0.15) is 30.8 Å². The van der Waals surface area contributed by atoms with E-state index >= 15 is 0 Å². The molecule has 0 saturated heterocycles. The normalized spacial score (nSPS) is 12.0. The Morgan fingerprint density at radius 1 is 0.935 bits per heavy atom. The Kier molecular flexibility index (Phi) is 6.41. The maximum absolute atomic E-state index is 6.36. The first-order valence-corrected chi connectivity index (χ1v) is 10.6. The van der Waals surface area contributed by atoms with Crippen LogP contribution >= 0.6 is 0 Å². The topological polar surface area (TPSA) is 45.5 Å². The van der Waals surface area contributed by atoms with Crippen LogP contribution in [0.25, 0.3) is 11.0 Å². The van der Waals surface area contributed by atoms with E-state index in [4.69, 9.17) is 19.2 Å². The highest BCUT2D eigenvalue weighted by molar-refractivity contribution is 5.76. The van der Waals surface area contributed by atoms with E-state index in [1.165, 1.54) is 5.56 Å². The fourth-order valence-electron chi connectivity index (χ4n) is 3.73. The molecule has 4 rings (SSSR count). The molecule has 0 spiro atoms. The average Bonchev–Trinajstić information content (AvgIpc) is 3.16. The van der Waals surface area contributed by atoms with Gasteiger partial charge in [-0.3, -0.25) is 0 Å². The summed E-state index contributed by atoms with van der Waals surface area (Å²) in [7, 11) is 1.65. The summed E-state index contributed by atoms with van der Waals surface area (Å²) < 4.78 is 20.0. The lowest BCUT2D eigenvalue weighted by atomic mass is 10.2. The highest BCUT2D eigenvalue weighted by atomic mass is 16.5. The number of aromatic nitrogens is 2. The van der Waals surface area contributed by atoms with Crippen LogP contribution in [0.15, 0.2) is 72.8 Å². The first-order valence-electron chi connectivity index (χ1n) is 10.6. The Labute approximate surface area is 183 Å². The van der Waals surface area contributed by atoms with Gasteiger partial charge < -0.3 is 18.8 Å². The lowest BCUT2D eigenvalue weighted by Crippen LogP contribution is -2.17. The van der Waals surface area contributed by atoms with Gasteiger partial charge in [0.2, 0.25) is 0 Å². The van der Waals surface area contributed by atoms with Crippen LogP contribution in [-0.4, -0.2) is 23.3 Å². The van der Waals surface area contributed by atoms with Gasteiger partial charge in [0, 0.05) is 0 Å². The maximum atomic E-state index is 6.36. The number of ether oxygens (including phenoxy) is 3. The van der Waals surface area contributed by atoms with Crippen molar-refractivity contribution in [1.82, 2.24) is 9.55 Å². The Morgan fingerprint density at radius 2 is 1.71 bits per heavy atom. The van der Waals surface area contributed by atoms with Crippen molar-refractivity contribution in [2.45, 2.75) is 32.9 Å². The minimum Gasteiger partial charge on any atom is -0.493 e. The van der Waals surface area contributed by atoms with Crippen molar-refractivity contribution in [2.24, 2.45) is 0 Å². The van der Waals surface area contributed by atoms with Gasteiger partial charge in [-0.2, -0.15) is 0 Å². The van der Waals surface area contributed by atoms with Gasteiger partial charge in [-0.05, 0) is 55.3 Å². The molecule has 1 heterocycles. The molecule has 1 unspecified atom stereocenters. The van der Waals surface area contributed by atoms with Crippen molar-refractivity contribution < 1.29 is 14.2 Å². The second kappa shape index (κ2) is 9.56. The smallest absolute Gasteiger partial charge is 0.161 e. The Hall–Kier alpha value is -3.47. The SMILES string of the molecule is CCC(Oc1cccc(C)c1)c1nc2ccccc2n1CCOc1ccccc1OC. The average molecular weight is 417 g/mol. The first kappa shape index (κ1) is 20.8. The zero-order valence-electron chi connectivity index (χ0n) is 18.2. The van der Waals surface area contributed by atoms with Gasteiger partial charge in [0.05, 0.1) is 24.7 Å². The maximum Gasteiger partial charge on any atom is 0.161 e. The van der Waals surface area contributed by atoms with Crippen molar-refractivity contribution in [2.75, 3.05) is 13.7 Å². The fraction of sp³-hybridized carbons (Fsp3) is 0.269. The quantitative estimate of drug-likeness (QED) is 0.338. The molecule has 1 atom stereocenters. The minimum absolute atomic E-state index is 0.152. The van der Waals surface area contributed by atoms with Gasteiger partial charge in [0.15, 0.2) is 23.4 Å². The Morgan fingerprint density at radius 3 is 2.48 bits per heavy atom. The van der Waals surface area contributed by atoms with Gasteiger partial charge in [-0.1, -0.05) is 43.3 Å². The van der Waals surface area contributed by atoms with Crippen molar-refractivity contribution in [3.8, 4) is 17.2 Å². The Balaban J connectivity index is 1.60. The van der Waals surface area contributed by atoms with E-state index in [0.29, 0.717) is 13.2 Å². The summed E-state index contributed by atoms with van der Waals surface area (Å²) in [5, 5.41) is 0. The highest BCUT2D eigenvalue weighted by Crippen LogP contribution is 2.29. The van der Waals surface area contributed by atoms with E-state index < -0.39 is 0 Å². The molecule has 0 fully saturated rings. The summed E-state index contributed by atoms with van der Waals surface area (Å²) in [4.78, 5) is 4.92. The molecule has 3 aromatic carbocycles. The molecule has 5 heteroatoms. The number of rotatable bonds is 9. The number of fused-ring (bicyclic) bond motifs is 1. The summed E-state index contributed by atoms with van der Waals surface area (Å²) in [5.74, 6) is 3.23. The third kappa shape index (κ3) is 4.66. The molecule has 31 heavy (non-hydrogen) atoms. The summed E-state index contributed by atoms with van der Waals surface area (Å²) in [6.45, 7) is 5.34. The number of methoxy groups -OCH3 is 1. The van der Waals surface area contributed by atoms with E-state index in [9.17, 15) is 0 Å². The van der Waals surface area contributed by atoms with Gasteiger partial charge >= 0.3 is 0 Å². The molecule has 0 aliphatic carbocycles. The standard InChI is InChI=1S/C26H28N2O3/c1-4-23(31-20-11-9-10-19(2)18-20)26-27-21-12-5-6-13-22(21)28(26)16-17-30-25-15-8-7-14-24(25)29-3/h5-15,18,23H,4,16-17H2,1-3H3. The van der Waals surface area contributed by atoms with E-state index in [1.807, 2.05) is 54.6 Å². The van der Waals surface area contributed by atoms with Crippen LogP contribution in [0.4, 0.5) is 0 Å². The lowest BCUT2D eigenvalue weighted by molar-refractivity contribution is 0.183. The monoisotopic (exact) mass is 416 g/mol. The van der Waals surface area contributed by atoms with Crippen LogP contribution in [0.3, 0.4) is 0 Å². The molecule has 0 aliphatic heterocycles. The van der Waals surface area contributed by atoms with Gasteiger partial charge in [0.1, 0.15) is 12.4 Å². The lowest BCUT2D eigenvalue weighted by Gasteiger charge is -2.20. The van der Waals surface area contributed by atoms with E-state index in [-0.39, 0.29) is 6.10 Å². The first-order chi connectivity index (χ1) is 15.2. The molecule has 4 aromatic rings. The van der Waals surface area contributed by atoms with Crippen molar-refractivity contribution in [3.63, 3.8) is 0 Å². The third-order valence-corrected chi connectivity index (χ3v) is 5.25. The molecule has 0 saturated carbocycles. The van der Waals surface area contributed by atoms with Crippen LogP contribution in [0.2, 0.25) is 0 Å². The number of benzene rings is 3. The molecule has 0 N–H and O–H groups in total. The molecule has 160 valence electrons. The van der Waals surface area contributed by atoms with Crippen LogP contribution in [0.5, 0.6) is 17.2 Å². The van der Waals surface area contributed by atoms with E-state index in [0.717, 1.165) is 40.5 Å². The van der Waals surface area contributed by atoms with Gasteiger partial charge in [-0.25, -0.2) is 4.98 Å². The second-order valence-corrected chi connectivity index (χ2v) is 7.44. The molecule has 1 aromatic heterocycles. The number of para-hydroxylation sites is 4. The number of nitrogens with zero attached hydrogens (tertiary/aromatic N) is 2. The summed E-state index contributed by atoms with van der Waals surface area (Å²) in [5.41, 5.74) is 3.21. The molecule has 0 radical (unpaired) electrons. The second-order valence-electron chi connectivity index (χ2n) is 7.44. The molecule has 5 nitrogen and oxygen atoms in total. The molecular formula is C26H28N2O3. The number of aryl methyl sites for hydroxylation is 1. The molecule has 0 aliphatic rings. The molecular weight excluding hydrogens is 388 g/mol. The summed E-state index contributed by atoms with van der Waals surface area (Å²) in [6, 6.07) is 24.0. The van der Waals surface area contributed by atoms with E-state index in [1.54, 1.807) is 7.11 Å². The summed E-state index contributed by atoms with van der Waals surface area (Å²) in [6.07, 6.45) is 0.658. The van der Waals surface area contributed by atoms with Crippen molar-refractivity contribution in [3.05, 3.63) is 84.2 Å². The largest absolute Gasteiger partial charge is 0.493 e. The number of imidazole rings is 1. The van der Waals surface area contributed by atoms with Crippen LogP contribution in [-0.2, 0) is 6.54 Å². The third-order valence-electron chi connectivity index (χ3n) is 5.25. The van der Waals surface area contributed by atoms with E-state index in [2.05, 4.69) is 36.6 Å². The summed E-state index contributed by atoms with van der Waals surface area (Å²) >= 11 is 0. The van der Waals surface area contributed by atoms with Gasteiger partial charge in [0.25, 0.3) is 0 Å².